The van der Waals surface area contributed by atoms with Crippen molar-refractivity contribution in [3.05, 3.63) is 23.2 Å². The highest BCUT2D eigenvalue weighted by Crippen LogP contribution is 2.27. The van der Waals surface area contributed by atoms with Crippen LogP contribution in [0.4, 0.5) is 5.69 Å². The number of rotatable bonds is 5. The van der Waals surface area contributed by atoms with Gasteiger partial charge in [-0.2, -0.15) is 0 Å². The largest absolute Gasteiger partial charge is 0.492 e. The first-order valence-electron chi connectivity index (χ1n) is 5.57. The summed E-state index contributed by atoms with van der Waals surface area (Å²) in [6.45, 7) is 4.29. The van der Waals surface area contributed by atoms with Crippen LogP contribution in [0.5, 0.6) is 5.75 Å². The lowest BCUT2D eigenvalue weighted by atomic mass is 10.2. The summed E-state index contributed by atoms with van der Waals surface area (Å²) in [7, 11) is 0. The Bertz CT molecular complexity index is 396. The monoisotopic (exact) mass is 256 g/mol. The van der Waals surface area contributed by atoms with Crippen LogP contribution in [0.3, 0.4) is 0 Å². The summed E-state index contributed by atoms with van der Waals surface area (Å²) in [5.41, 5.74) is 6.23. The van der Waals surface area contributed by atoms with Gasteiger partial charge in [0, 0.05) is 5.69 Å². The van der Waals surface area contributed by atoms with Gasteiger partial charge in [-0.05, 0) is 31.5 Å². The molecule has 3 N–H and O–H groups in total. The van der Waals surface area contributed by atoms with Crippen LogP contribution in [0.15, 0.2) is 18.2 Å². The highest BCUT2D eigenvalue weighted by atomic mass is 35.5. The normalized spacial score (nSPS) is 12.0. The van der Waals surface area contributed by atoms with E-state index in [2.05, 4.69) is 5.32 Å². The lowest BCUT2D eigenvalue weighted by Crippen LogP contribution is -2.34. The van der Waals surface area contributed by atoms with Crippen LogP contribution >= 0.6 is 11.6 Å². The van der Waals surface area contributed by atoms with Crippen molar-refractivity contribution >= 4 is 23.2 Å². The van der Waals surface area contributed by atoms with Crippen LogP contribution in [0.25, 0.3) is 0 Å². The molecule has 0 bridgehead atoms. The number of hydrogen-bond acceptors (Lipinski definition) is 3. The summed E-state index contributed by atoms with van der Waals surface area (Å²) >= 11 is 6.00. The molecule has 1 aromatic rings. The maximum absolute atomic E-state index is 11.6. The summed E-state index contributed by atoms with van der Waals surface area (Å²) in [4.78, 5) is 11.6. The van der Waals surface area contributed by atoms with Crippen molar-refractivity contribution in [3.8, 4) is 5.75 Å². The van der Waals surface area contributed by atoms with Crippen molar-refractivity contribution in [2.75, 3.05) is 11.9 Å². The lowest BCUT2D eigenvalue weighted by molar-refractivity contribution is -0.117. The van der Waals surface area contributed by atoms with E-state index in [1.165, 1.54) is 0 Å². The van der Waals surface area contributed by atoms with Crippen LogP contribution in [-0.2, 0) is 4.79 Å². The van der Waals surface area contributed by atoms with Gasteiger partial charge < -0.3 is 15.8 Å². The molecule has 1 aromatic carbocycles. The predicted octanol–water partition coefficient (Wildman–Crippen LogP) is 2.41. The minimum absolute atomic E-state index is 0.215. The fourth-order valence-electron chi connectivity index (χ4n) is 1.27. The first kappa shape index (κ1) is 13.8. The summed E-state index contributed by atoms with van der Waals surface area (Å²) in [5, 5.41) is 3.17. The zero-order chi connectivity index (χ0) is 12.8. The lowest BCUT2D eigenvalue weighted by Gasteiger charge is -2.11. The molecular formula is C12H17ClN2O2. The van der Waals surface area contributed by atoms with Crippen molar-refractivity contribution in [1.29, 1.82) is 0 Å². The molecular weight excluding hydrogens is 240 g/mol. The predicted molar refractivity (Wildman–Crippen MR) is 69.5 cm³/mol. The van der Waals surface area contributed by atoms with Crippen LogP contribution in [0, 0.1) is 0 Å². The second-order valence-corrected chi connectivity index (χ2v) is 3.99. The first-order valence-corrected chi connectivity index (χ1v) is 5.95. The van der Waals surface area contributed by atoms with Gasteiger partial charge in [0.1, 0.15) is 5.75 Å². The van der Waals surface area contributed by atoms with Crippen LogP contribution < -0.4 is 15.8 Å². The number of amides is 1. The molecule has 4 nitrogen and oxygen atoms in total. The van der Waals surface area contributed by atoms with Crippen molar-refractivity contribution in [3.63, 3.8) is 0 Å². The summed E-state index contributed by atoms with van der Waals surface area (Å²) in [5.74, 6) is 0.389. The van der Waals surface area contributed by atoms with Gasteiger partial charge in [-0.25, -0.2) is 0 Å². The Morgan fingerprint density at radius 2 is 2.24 bits per heavy atom. The summed E-state index contributed by atoms with van der Waals surface area (Å²) < 4.78 is 5.30. The van der Waals surface area contributed by atoms with Gasteiger partial charge in [0.05, 0.1) is 17.7 Å². The summed E-state index contributed by atoms with van der Waals surface area (Å²) in [6, 6.07) is 4.60. The number of nitrogens with one attached hydrogen (secondary N) is 1. The fourth-order valence-corrected chi connectivity index (χ4v) is 1.51. The Morgan fingerprint density at radius 3 is 2.76 bits per heavy atom. The Balaban J connectivity index is 2.73. The molecule has 0 unspecified atom stereocenters. The van der Waals surface area contributed by atoms with Crippen LogP contribution in [0.1, 0.15) is 20.3 Å². The number of ether oxygens (including phenoxy) is 1. The van der Waals surface area contributed by atoms with E-state index in [1.54, 1.807) is 18.2 Å². The van der Waals surface area contributed by atoms with Gasteiger partial charge in [0.25, 0.3) is 0 Å². The topological polar surface area (TPSA) is 64.3 Å². The van der Waals surface area contributed by atoms with E-state index in [9.17, 15) is 4.79 Å². The molecule has 0 radical (unpaired) electrons. The number of carbonyl (C=O) groups is 1. The molecule has 1 amide bonds. The van der Waals surface area contributed by atoms with E-state index in [0.29, 0.717) is 29.5 Å². The third kappa shape index (κ3) is 3.91. The maximum Gasteiger partial charge on any atom is 0.241 e. The standard InChI is InChI=1S/C12H17ClN2O2/c1-3-10(14)12(16)15-8-5-6-11(17-4-2)9(13)7-8/h5-7,10H,3-4,14H2,1-2H3,(H,15,16)/t10-/m1/s1. The smallest absolute Gasteiger partial charge is 0.241 e. The molecule has 0 aliphatic heterocycles. The average molecular weight is 257 g/mol. The molecule has 1 atom stereocenters. The number of nitrogens with two attached hydrogens (primary N) is 1. The van der Waals surface area contributed by atoms with E-state index in [0.717, 1.165) is 0 Å². The van der Waals surface area contributed by atoms with Crippen molar-refractivity contribution in [2.24, 2.45) is 5.73 Å². The van der Waals surface area contributed by atoms with Crippen molar-refractivity contribution in [1.82, 2.24) is 0 Å². The Kier molecular flexibility index (Phi) is 5.25. The minimum atomic E-state index is -0.500. The second kappa shape index (κ2) is 6.47. The Hall–Kier alpha value is -1.26. The van der Waals surface area contributed by atoms with Gasteiger partial charge in [-0.1, -0.05) is 18.5 Å². The average Bonchev–Trinajstić information content (AvgIpc) is 2.31. The van der Waals surface area contributed by atoms with Gasteiger partial charge in [-0.3, -0.25) is 4.79 Å². The molecule has 17 heavy (non-hydrogen) atoms. The molecule has 1 rings (SSSR count). The van der Waals surface area contributed by atoms with Crippen molar-refractivity contribution < 1.29 is 9.53 Å². The quantitative estimate of drug-likeness (QED) is 0.850. The van der Waals surface area contributed by atoms with Crippen molar-refractivity contribution in [2.45, 2.75) is 26.3 Å². The highest BCUT2D eigenvalue weighted by Gasteiger charge is 2.11. The molecule has 94 valence electrons. The number of benzene rings is 1. The molecule has 0 saturated carbocycles. The third-order valence-corrected chi connectivity index (χ3v) is 2.57. The third-order valence-electron chi connectivity index (χ3n) is 2.28. The van der Waals surface area contributed by atoms with E-state index in [4.69, 9.17) is 22.1 Å². The van der Waals surface area contributed by atoms with Gasteiger partial charge in [0.15, 0.2) is 0 Å². The number of anilines is 1. The van der Waals surface area contributed by atoms with Crippen LogP contribution in [-0.4, -0.2) is 18.6 Å². The minimum Gasteiger partial charge on any atom is -0.492 e. The van der Waals surface area contributed by atoms with Crippen LogP contribution in [0.2, 0.25) is 5.02 Å². The number of hydrogen-bond donors (Lipinski definition) is 2. The highest BCUT2D eigenvalue weighted by molar-refractivity contribution is 6.32. The molecule has 0 heterocycles. The number of carbonyl (C=O) groups excluding carboxylic acids is 1. The van der Waals surface area contributed by atoms with E-state index >= 15 is 0 Å². The maximum atomic E-state index is 11.6. The van der Waals surface area contributed by atoms with Gasteiger partial charge in [-0.15, -0.1) is 0 Å². The van der Waals surface area contributed by atoms with E-state index < -0.39 is 6.04 Å². The Labute approximate surface area is 106 Å². The second-order valence-electron chi connectivity index (χ2n) is 3.58. The fraction of sp³-hybridized carbons (Fsp3) is 0.417. The van der Waals surface area contributed by atoms with E-state index in [1.807, 2.05) is 13.8 Å². The Morgan fingerprint density at radius 1 is 1.53 bits per heavy atom. The SMILES string of the molecule is CCOc1ccc(NC(=O)[C@H](N)CC)cc1Cl. The van der Waals surface area contributed by atoms with E-state index in [-0.39, 0.29) is 5.91 Å². The van der Waals surface area contributed by atoms with Gasteiger partial charge >= 0.3 is 0 Å². The molecule has 0 aliphatic rings. The van der Waals surface area contributed by atoms with Gasteiger partial charge in [0.2, 0.25) is 5.91 Å². The zero-order valence-electron chi connectivity index (χ0n) is 10.00. The molecule has 0 aromatic heterocycles. The number of halogens is 1. The molecule has 0 aliphatic carbocycles. The molecule has 0 saturated heterocycles. The zero-order valence-corrected chi connectivity index (χ0v) is 10.8. The first-order chi connectivity index (χ1) is 8.08. The summed E-state index contributed by atoms with van der Waals surface area (Å²) in [6.07, 6.45) is 0.594. The molecule has 0 fully saturated rings. The molecule has 5 heteroatoms. The molecule has 0 spiro atoms.